The third-order valence-corrected chi connectivity index (χ3v) is 4.18. The molecule has 3 unspecified atom stereocenters. The molecule has 0 spiro atoms. The molecule has 0 bridgehead atoms. The van der Waals surface area contributed by atoms with E-state index in [1.165, 1.54) is 19.3 Å². The van der Waals surface area contributed by atoms with E-state index in [1.807, 2.05) is 7.05 Å². The van der Waals surface area contributed by atoms with Crippen LogP contribution >= 0.6 is 0 Å². The third-order valence-electron chi connectivity index (χ3n) is 4.18. The fraction of sp³-hybridized carbons (Fsp3) is 1.00. The SMILES string of the molecule is CNCC1(CC(C)OC)CCOC1C1CC1. The summed E-state index contributed by atoms with van der Waals surface area (Å²) in [4.78, 5) is 0. The molecule has 1 aliphatic carbocycles. The Kier molecular flexibility index (Phi) is 3.88. The lowest BCUT2D eigenvalue weighted by atomic mass is 9.74. The van der Waals surface area contributed by atoms with Crippen LogP contribution in [-0.2, 0) is 9.47 Å². The maximum atomic E-state index is 6.00. The monoisotopic (exact) mass is 227 g/mol. The van der Waals surface area contributed by atoms with Crippen molar-refractivity contribution in [2.45, 2.75) is 44.8 Å². The van der Waals surface area contributed by atoms with E-state index in [0.29, 0.717) is 17.6 Å². The zero-order valence-electron chi connectivity index (χ0n) is 10.8. The first-order valence-corrected chi connectivity index (χ1v) is 6.51. The molecule has 3 heteroatoms. The summed E-state index contributed by atoms with van der Waals surface area (Å²) >= 11 is 0. The van der Waals surface area contributed by atoms with Crippen LogP contribution in [0.2, 0.25) is 0 Å². The molecule has 1 saturated carbocycles. The van der Waals surface area contributed by atoms with Crippen molar-refractivity contribution in [3.05, 3.63) is 0 Å². The normalized spacial score (nSPS) is 36.6. The molecule has 1 heterocycles. The lowest BCUT2D eigenvalue weighted by molar-refractivity contribution is -0.00414. The molecule has 0 aromatic heterocycles. The van der Waals surface area contributed by atoms with E-state index < -0.39 is 0 Å². The fourth-order valence-corrected chi connectivity index (χ4v) is 3.23. The second kappa shape index (κ2) is 5.03. The Labute approximate surface area is 98.9 Å². The molecular weight excluding hydrogens is 202 g/mol. The van der Waals surface area contributed by atoms with Gasteiger partial charge in [-0.3, -0.25) is 0 Å². The fourth-order valence-electron chi connectivity index (χ4n) is 3.23. The number of nitrogens with one attached hydrogen (secondary N) is 1. The molecule has 0 amide bonds. The van der Waals surface area contributed by atoms with Gasteiger partial charge >= 0.3 is 0 Å². The summed E-state index contributed by atoms with van der Waals surface area (Å²) in [5.41, 5.74) is 0.311. The Morgan fingerprint density at radius 2 is 2.25 bits per heavy atom. The van der Waals surface area contributed by atoms with Gasteiger partial charge in [-0.05, 0) is 45.6 Å². The van der Waals surface area contributed by atoms with E-state index in [0.717, 1.165) is 25.5 Å². The van der Waals surface area contributed by atoms with Crippen LogP contribution in [0, 0.1) is 11.3 Å². The Morgan fingerprint density at radius 3 is 2.81 bits per heavy atom. The van der Waals surface area contributed by atoms with Crippen molar-refractivity contribution in [2.24, 2.45) is 11.3 Å². The first kappa shape index (κ1) is 12.3. The molecule has 94 valence electrons. The third kappa shape index (κ3) is 2.41. The highest BCUT2D eigenvalue weighted by Crippen LogP contribution is 2.49. The first-order valence-electron chi connectivity index (χ1n) is 6.51. The standard InChI is InChI=1S/C13H25NO2/c1-10(15-3)8-13(9-14-2)6-7-16-12(13)11-4-5-11/h10-12,14H,4-9H2,1-3H3. The quantitative estimate of drug-likeness (QED) is 0.751. The average molecular weight is 227 g/mol. The Balaban J connectivity index is 2.05. The van der Waals surface area contributed by atoms with Crippen LogP contribution in [0.1, 0.15) is 32.6 Å². The van der Waals surface area contributed by atoms with Crippen LogP contribution in [-0.4, -0.2) is 39.5 Å². The lowest BCUT2D eigenvalue weighted by Crippen LogP contribution is -2.43. The van der Waals surface area contributed by atoms with E-state index in [2.05, 4.69) is 12.2 Å². The summed E-state index contributed by atoms with van der Waals surface area (Å²) in [6.45, 7) is 4.15. The van der Waals surface area contributed by atoms with Gasteiger partial charge in [0.2, 0.25) is 0 Å². The van der Waals surface area contributed by atoms with Crippen LogP contribution in [0.3, 0.4) is 0 Å². The minimum atomic E-state index is 0.311. The zero-order valence-corrected chi connectivity index (χ0v) is 10.8. The number of rotatable bonds is 6. The Bertz CT molecular complexity index is 230. The minimum Gasteiger partial charge on any atom is -0.382 e. The van der Waals surface area contributed by atoms with Crippen LogP contribution in [0.5, 0.6) is 0 Å². The van der Waals surface area contributed by atoms with Crippen LogP contribution in [0.15, 0.2) is 0 Å². The summed E-state index contributed by atoms with van der Waals surface area (Å²) < 4.78 is 11.4. The van der Waals surface area contributed by atoms with Crippen molar-refractivity contribution in [3.63, 3.8) is 0 Å². The highest BCUT2D eigenvalue weighted by atomic mass is 16.5. The molecule has 3 atom stereocenters. The van der Waals surface area contributed by atoms with E-state index >= 15 is 0 Å². The van der Waals surface area contributed by atoms with Crippen LogP contribution in [0.25, 0.3) is 0 Å². The topological polar surface area (TPSA) is 30.5 Å². The molecule has 3 nitrogen and oxygen atoms in total. The molecule has 1 N–H and O–H groups in total. The highest BCUT2D eigenvalue weighted by molar-refractivity contribution is 5.01. The van der Waals surface area contributed by atoms with Crippen molar-refractivity contribution < 1.29 is 9.47 Å². The summed E-state index contributed by atoms with van der Waals surface area (Å²) in [5.74, 6) is 0.819. The van der Waals surface area contributed by atoms with Crippen molar-refractivity contribution >= 4 is 0 Å². The maximum Gasteiger partial charge on any atom is 0.0673 e. The summed E-state index contributed by atoms with van der Waals surface area (Å²) in [6.07, 6.45) is 5.82. The molecule has 2 aliphatic rings. The molecule has 1 aliphatic heterocycles. The van der Waals surface area contributed by atoms with Crippen LogP contribution < -0.4 is 5.32 Å². The molecule has 16 heavy (non-hydrogen) atoms. The second-order valence-electron chi connectivity index (χ2n) is 5.52. The number of ether oxygens (including phenoxy) is 2. The van der Waals surface area contributed by atoms with Crippen molar-refractivity contribution in [1.82, 2.24) is 5.32 Å². The number of methoxy groups -OCH3 is 1. The smallest absolute Gasteiger partial charge is 0.0673 e. The molecular formula is C13H25NO2. The molecule has 0 aromatic rings. The van der Waals surface area contributed by atoms with Gasteiger partial charge in [0.15, 0.2) is 0 Å². The largest absolute Gasteiger partial charge is 0.382 e. The molecule has 0 radical (unpaired) electrons. The Hall–Kier alpha value is -0.120. The van der Waals surface area contributed by atoms with E-state index in [9.17, 15) is 0 Å². The van der Waals surface area contributed by atoms with Crippen molar-refractivity contribution in [1.29, 1.82) is 0 Å². The molecule has 2 fully saturated rings. The second-order valence-corrected chi connectivity index (χ2v) is 5.52. The van der Waals surface area contributed by atoms with Gasteiger partial charge < -0.3 is 14.8 Å². The first-order chi connectivity index (χ1) is 7.72. The molecule has 1 saturated heterocycles. The van der Waals surface area contributed by atoms with Gasteiger partial charge in [-0.25, -0.2) is 0 Å². The average Bonchev–Trinajstić information content (AvgIpc) is 3.03. The van der Waals surface area contributed by atoms with Gasteiger partial charge in [-0.2, -0.15) is 0 Å². The number of hydrogen-bond acceptors (Lipinski definition) is 3. The van der Waals surface area contributed by atoms with Crippen molar-refractivity contribution in [2.75, 3.05) is 27.3 Å². The van der Waals surface area contributed by atoms with Gasteiger partial charge in [0, 0.05) is 25.7 Å². The van der Waals surface area contributed by atoms with E-state index in [4.69, 9.17) is 9.47 Å². The van der Waals surface area contributed by atoms with Gasteiger partial charge in [0.25, 0.3) is 0 Å². The van der Waals surface area contributed by atoms with Gasteiger partial charge in [-0.1, -0.05) is 0 Å². The summed E-state index contributed by atoms with van der Waals surface area (Å²) in [5, 5.41) is 3.36. The van der Waals surface area contributed by atoms with Gasteiger partial charge in [0.05, 0.1) is 12.2 Å². The maximum absolute atomic E-state index is 6.00. The predicted molar refractivity (Wildman–Crippen MR) is 64.5 cm³/mol. The van der Waals surface area contributed by atoms with E-state index in [1.54, 1.807) is 7.11 Å². The number of hydrogen-bond donors (Lipinski definition) is 1. The van der Waals surface area contributed by atoms with Crippen LogP contribution in [0.4, 0.5) is 0 Å². The van der Waals surface area contributed by atoms with Crippen molar-refractivity contribution in [3.8, 4) is 0 Å². The van der Waals surface area contributed by atoms with Gasteiger partial charge in [-0.15, -0.1) is 0 Å². The zero-order chi connectivity index (χ0) is 11.6. The summed E-state index contributed by atoms with van der Waals surface area (Å²) in [7, 11) is 3.85. The highest BCUT2D eigenvalue weighted by Gasteiger charge is 2.50. The molecule has 0 aromatic carbocycles. The van der Waals surface area contributed by atoms with Gasteiger partial charge in [0.1, 0.15) is 0 Å². The minimum absolute atomic E-state index is 0.311. The van der Waals surface area contributed by atoms with E-state index in [-0.39, 0.29) is 0 Å². The lowest BCUT2D eigenvalue weighted by Gasteiger charge is -2.36. The summed E-state index contributed by atoms with van der Waals surface area (Å²) in [6, 6.07) is 0. The molecule has 2 rings (SSSR count). The predicted octanol–water partition coefficient (Wildman–Crippen LogP) is 1.82. The Morgan fingerprint density at radius 1 is 1.50 bits per heavy atom.